The summed E-state index contributed by atoms with van der Waals surface area (Å²) in [7, 11) is 2.81. The number of aromatic nitrogens is 2. The summed E-state index contributed by atoms with van der Waals surface area (Å²) < 4.78 is 39.7. The lowest BCUT2D eigenvalue weighted by atomic mass is 10.0. The quantitative estimate of drug-likeness (QED) is 0.552. The molecule has 0 saturated carbocycles. The van der Waals surface area contributed by atoms with Gasteiger partial charge in [0.1, 0.15) is 17.7 Å². The Bertz CT molecular complexity index is 1230. The minimum absolute atomic E-state index is 0.196. The molecule has 1 aliphatic rings. The molecule has 0 spiro atoms. The molecule has 4 rings (SSSR count). The van der Waals surface area contributed by atoms with E-state index in [0.29, 0.717) is 48.0 Å². The fourth-order valence-corrected chi connectivity index (χ4v) is 4.54. The summed E-state index contributed by atoms with van der Waals surface area (Å²) in [6, 6.07) is 7.65. The molecule has 180 valence electrons. The molecule has 1 unspecified atom stereocenters. The first-order valence-electron chi connectivity index (χ1n) is 10.6. The lowest BCUT2D eigenvalue weighted by Gasteiger charge is -2.32. The van der Waals surface area contributed by atoms with Gasteiger partial charge in [0.05, 0.1) is 37.8 Å². The third-order valence-corrected chi connectivity index (χ3v) is 6.65. The lowest BCUT2D eigenvalue weighted by Crippen LogP contribution is -2.46. The monoisotopic (exact) mass is 488 g/mol. The van der Waals surface area contributed by atoms with Gasteiger partial charge >= 0.3 is 6.09 Å². The molecule has 0 bridgehead atoms. The van der Waals surface area contributed by atoms with Crippen LogP contribution in [-0.2, 0) is 27.1 Å². The summed E-state index contributed by atoms with van der Waals surface area (Å²) in [6.07, 6.45) is 2.87. The smallest absolute Gasteiger partial charge is 0.409 e. The third-order valence-electron chi connectivity index (χ3n) is 5.73. The number of methoxy groups -OCH3 is 1. The number of benzene rings is 1. The highest BCUT2D eigenvalue weighted by Crippen LogP contribution is 2.30. The van der Waals surface area contributed by atoms with Crippen LogP contribution >= 0.6 is 0 Å². The second-order valence-electron chi connectivity index (χ2n) is 7.84. The number of carbonyl (C=O) groups is 2. The molecule has 11 heteroatoms. The fourth-order valence-electron chi connectivity index (χ4n) is 4.01. The first-order chi connectivity index (χ1) is 16.3. The van der Waals surface area contributed by atoms with Crippen molar-refractivity contribution in [2.45, 2.75) is 17.4 Å². The van der Waals surface area contributed by atoms with Crippen LogP contribution in [0.15, 0.2) is 41.4 Å². The highest BCUT2D eigenvalue weighted by Gasteiger charge is 2.28. The zero-order valence-corrected chi connectivity index (χ0v) is 19.9. The maximum absolute atomic E-state index is 15.2. The first kappa shape index (κ1) is 24.0. The minimum Gasteiger partial charge on any atom is -0.612 e. The standard InChI is InChI=1S/C23H25FN4O5S/c1-25-22(29)14-4-5-17(18(24)10-14)21-19(11-15-13-27(8-9-33-15)23(30)32-2)28-7-6-16(34(3)31)12-20(28)26-21/h4-7,10,12,15H,8-9,11,13H2,1-3H3,(H,25,29)/t15-,34?/m0/s1. The molecular formula is C23H25FN4O5S. The van der Waals surface area contributed by atoms with E-state index in [1.54, 1.807) is 33.9 Å². The fraction of sp³-hybridized carbons (Fsp3) is 0.348. The number of ether oxygens (including phenoxy) is 2. The molecule has 0 radical (unpaired) electrons. The van der Waals surface area contributed by atoms with Crippen molar-refractivity contribution in [3.63, 3.8) is 0 Å². The lowest BCUT2D eigenvalue weighted by molar-refractivity contribution is -0.0241. The number of rotatable bonds is 5. The molecule has 2 amide bonds. The van der Waals surface area contributed by atoms with Gasteiger partial charge in [0.2, 0.25) is 0 Å². The van der Waals surface area contributed by atoms with Crippen molar-refractivity contribution in [2.24, 2.45) is 0 Å². The second kappa shape index (κ2) is 10.00. The Morgan fingerprint density at radius 3 is 2.82 bits per heavy atom. The number of hydrogen-bond acceptors (Lipinski definition) is 6. The van der Waals surface area contributed by atoms with Crippen LogP contribution in [0.25, 0.3) is 16.9 Å². The van der Waals surface area contributed by atoms with Gasteiger partial charge in [-0.25, -0.2) is 14.2 Å². The maximum Gasteiger partial charge on any atom is 0.409 e. The number of pyridine rings is 1. The number of halogens is 1. The number of morpholine rings is 1. The number of nitrogens with one attached hydrogen (secondary N) is 1. The molecule has 1 saturated heterocycles. The van der Waals surface area contributed by atoms with Gasteiger partial charge in [0.25, 0.3) is 5.91 Å². The number of imidazole rings is 1. The van der Waals surface area contributed by atoms with E-state index >= 15 is 4.39 Å². The summed E-state index contributed by atoms with van der Waals surface area (Å²) in [5.74, 6) is -0.986. The van der Waals surface area contributed by atoms with Crippen LogP contribution in [0, 0.1) is 5.82 Å². The zero-order valence-electron chi connectivity index (χ0n) is 19.0. The largest absolute Gasteiger partial charge is 0.612 e. The van der Waals surface area contributed by atoms with E-state index in [9.17, 15) is 14.1 Å². The van der Waals surface area contributed by atoms with Crippen molar-refractivity contribution < 1.29 is 28.0 Å². The van der Waals surface area contributed by atoms with Gasteiger partial charge in [-0.15, -0.1) is 0 Å². The number of nitrogens with zero attached hydrogens (tertiary/aromatic N) is 3. The van der Waals surface area contributed by atoms with Gasteiger partial charge in [0, 0.05) is 49.5 Å². The third kappa shape index (κ3) is 4.72. The van der Waals surface area contributed by atoms with Crippen LogP contribution in [-0.4, -0.2) is 77.1 Å². The molecule has 1 aromatic carbocycles. The molecule has 1 N–H and O–H groups in total. The van der Waals surface area contributed by atoms with E-state index in [2.05, 4.69) is 10.3 Å². The second-order valence-corrected chi connectivity index (χ2v) is 9.22. The van der Waals surface area contributed by atoms with E-state index in [0.717, 1.165) is 0 Å². The van der Waals surface area contributed by atoms with E-state index in [4.69, 9.17) is 9.47 Å². The maximum atomic E-state index is 15.2. The molecule has 1 fully saturated rings. The van der Waals surface area contributed by atoms with E-state index in [-0.39, 0.29) is 17.2 Å². The van der Waals surface area contributed by atoms with Gasteiger partial charge in [-0.2, -0.15) is 0 Å². The van der Waals surface area contributed by atoms with Crippen molar-refractivity contribution >= 4 is 28.8 Å². The van der Waals surface area contributed by atoms with Crippen molar-refractivity contribution in [1.29, 1.82) is 0 Å². The highest BCUT2D eigenvalue weighted by atomic mass is 32.2. The minimum atomic E-state index is -1.21. The summed E-state index contributed by atoms with van der Waals surface area (Å²) in [4.78, 5) is 30.7. The Balaban J connectivity index is 1.77. The molecule has 9 nitrogen and oxygen atoms in total. The molecule has 3 heterocycles. The molecule has 2 atom stereocenters. The van der Waals surface area contributed by atoms with E-state index < -0.39 is 29.0 Å². The van der Waals surface area contributed by atoms with E-state index in [1.165, 1.54) is 32.4 Å². The Kier molecular flexibility index (Phi) is 7.05. The van der Waals surface area contributed by atoms with Crippen molar-refractivity contribution in [3.8, 4) is 11.3 Å². The van der Waals surface area contributed by atoms with Crippen LogP contribution in [0.3, 0.4) is 0 Å². The van der Waals surface area contributed by atoms with Gasteiger partial charge in [-0.1, -0.05) is 0 Å². The Morgan fingerprint density at radius 2 is 2.15 bits per heavy atom. The van der Waals surface area contributed by atoms with Crippen LogP contribution < -0.4 is 5.32 Å². The average molecular weight is 489 g/mol. The normalized spacial score (nSPS) is 17.0. The average Bonchev–Trinajstić information content (AvgIpc) is 3.20. The summed E-state index contributed by atoms with van der Waals surface area (Å²) >= 11 is -1.21. The summed E-state index contributed by atoms with van der Waals surface area (Å²) in [5.41, 5.74) is 1.99. The molecule has 0 aliphatic carbocycles. The van der Waals surface area contributed by atoms with Crippen molar-refractivity contribution in [1.82, 2.24) is 19.6 Å². The number of carbonyl (C=O) groups excluding carboxylic acids is 2. The zero-order chi connectivity index (χ0) is 24.4. The van der Waals surface area contributed by atoms with Crippen molar-refractivity contribution in [3.05, 3.63) is 53.6 Å². The topological polar surface area (TPSA) is 108 Å². The van der Waals surface area contributed by atoms with Crippen molar-refractivity contribution in [2.75, 3.05) is 40.1 Å². The Labute approximate surface area is 199 Å². The first-order valence-corrected chi connectivity index (χ1v) is 12.2. The number of amides is 2. The molecular weight excluding hydrogens is 463 g/mol. The van der Waals surface area contributed by atoms with Gasteiger partial charge in [-0.05, 0) is 29.4 Å². The Hall–Kier alpha value is -3.15. The summed E-state index contributed by atoms with van der Waals surface area (Å²) in [6.45, 7) is 1.08. The Morgan fingerprint density at radius 1 is 1.35 bits per heavy atom. The van der Waals surface area contributed by atoms with Crippen LogP contribution in [0.2, 0.25) is 0 Å². The summed E-state index contributed by atoms with van der Waals surface area (Å²) in [5, 5.41) is 2.48. The molecule has 2 aromatic heterocycles. The predicted molar refractivity (Wildman–Crippen MR) is 124 cm³/mol. The number of hydrogen-bond donors (Lipinski definition) is 1. The highest BCUT2D eigenvalue weighted by molar-refractivity contribution is 7.90. The van der Waals surface area contributed by atoms with Crippen LogP contribution in [0.4, 0.5) is 9.18 Å². The van der Waals surface area contributed by atoms with Gasteiger partial charge < -0.3 is 28.6 Å². The SMILES string of the molecule is CNC(=O)c1ccc(-c2nc3cc([S+](C)[O-])ccn3c2C[C@H]2CN(C(=O)OC)CCO2)c(F)c1. The van der Waals surface area contributed by atoms with Crippen LogP contribution in [0.5, 0.6) is 0 Å². The molecule has 34 heavy (non-hydrogen) atoms. The predicted octanol–water partition coefficient (Wildman–Crippen LogP) is 2.25. The van der Waals surface area contributed by atoms with Crippen LogP contribution in [0.1, 0.15) is 16.1 Å². The van der Waals surface area contributed by atoms with E-state index in [1.807, 2.05) is 0 Å². The molecule has 3 aromatic rings. The molecule has 1 aliphatic heterocycles. The van der Waals surface area contributed by atoms with Gasteiger partial charge in [-0.3, -0.25) is 4.79 Å². The number of fused-ring (bicyclic) bond motifs is 1. The van der Waals surface area contributed by atoms with Gasteiger partial charge in [0.15, 0.2) is 4.90 Å².